The molecule has 8 heteroatoms. The first-order chi connectivity index (χ1) is 11.5. The van der Waals surface area contributed by atoms with Crippen molar-refractivity contribution in [2.45, 2.75) is 13.0 Å². The van der Waals surface area contributed by atoms with E-state index in [9.17, 15) is 18.4 Å². The number of hydrogen-bond acceptors (Lipinski definition) is 4. The molecule has 0 aliphatic rings. The van der Waals surface area contributed by atoms with Gasteiger partial charge in [-0.25, -0.2) is 0 Å². The Labute approximate surface area is 136 Å². The van der Waals surface area contributed by atoms with Crippen LogP contribution in [0.15, 0.2) is 47.3 Å². The predicted molar refractivity (Wildman–Crippen MR) is 80.8 cm³/mol. The lowest BCUT2D eigenvalue weighted by atomic mass is 10.1. The van der Waals surface area contributed by atoms with Crippen LogP contribution in [-0.2, 0) is 11.2 Å². The molecule has 0 bridgehead atoms. The van der Waals surface area contributed by atoms with Gasteiger partial charge in [-0.05, 0) is 30.2 Å². The van der Waals surface area contributed by atoms with E-state index in [1.165, 1.54) is 30.7 Å². The van der Waals surface area contributed by atoms with Crippen LogP contribution < -0.4 is 15.4 Å². The summed E-state index contributed by atoms with van der Waals surface area (Å²) in [6.45, 7) is -2.65. The molecule has 0 saturated heterocycles. The highest BCUT2D eigenvalue weighted by atomic mass is 19.3. The Kier molecular flexibility index (Phi) is 6.30. The summed E-state index contributed by atoms with van der Waals surface area (Å²) in [6, 6.07) is 7.66. The average molecular weight is 338 g/mol. The topological polar surface area (TPSA) is 80.6 Å². The van der Waals surface area contributed by atoms with Crippen LogP contribution >= 0.6 is 0 Å². The summed E-state index contributed by atoms with van der Waals surface area (Å²) in [4.78, 5) is 23.2. The minimum absolute atomic E-state index is 0.0831. The number of carbonyl (C=O) groups is 2. The molecule has 128 valence electrons. The number of alkyl halides is 2. The van der Waals surface area contributed by atoms with Crippen molar-refractivity contribution >= 4 is 11.8 Å². The smallest absolute Gasteiger partial charge is 0.387 e. The van der Waals surface area contributed by atoms with Crippen LogP contribution in [0.1, 0.15) is 15.9 Å². The maximum Gasteiger partial charge on any atom is 0.387 e. The van der Waals surface area contributed by atoms with Crippen molar-refractivity contribution < 1.29 is 27.5 Å². The van der Waals surface area contributed by atoms with E-state index in [2.05, 4.69) is 15.4 Å². The van der Waals surface area contributed by atoms with E-state index in [0.29, 0.717) is 18.5 Å². The summed E-state index contributed by atoms with van der Waals surface area (Å²) < 4.78 is 33.1. The molecule has 0 radical (unpaired) electrons. The zero-order valence-corrected chi connectivity index (χ0v) is 12.6. The monoisotopic (exact) mass is 338 g/mol. The van der Waals surface area contributed by atoms with Crippen molar-refractivity contribution in [1.82, 2.24) is 10.6 Å². The number of ether oxygens (including phenoxy) is 1. The second kappa shape index (κ2) is 8.66. The highest BCUT2D eigenvalue weighted by molar-refractivity contribution is 5.96. The second-order valence-corrected chi connectivity index (χ2v) is 4.82. The molecule has 0 spiro atoms. The number of benzene rings is 1. The molecule has 1 aromatic heterocycles. The third kappa shape index (κ3) is 5.71. The third-order valence-electron chi connectivity index (χ3n) is 3.08. The molecule has 1 aromatic carbocycles. The summed E-state index contributed by atoms with van der Waals surface area (Å²) in [5.74, 6) is -0.641. The fraction of sp³-hybridized carbons (Fsp3) is 0.250. The molecule has 1 heterocycles. The average Bonchev–Trinajstić information content (AvgIpc) is 3.08. The van der Waals surface area contributed by atoms with Gasteiger partial charge in [0, 0.05) is 6.54 Å². The van der Waals surface area contributed by atoms with Crippen molar-refractivity contribution in [2.75, 3.05) is 13.1 Å². The Hall–Kier alpha value is -2.90. The highest BCUT2D eigenvalue weighted by Crippen LogP contribution is 2.14. The van der Waals surface area contributed by atoms with Crippen LogP contribution in [0.4, 0.5) is 8.78 Å². The van der Waals surface area contributed by atoms with E-state index in [1.807, 2.05) is 0 Å². The highest BCUT2D eigenvalue weighted by Gasteiger charge is 2.08. The van der Waals surface area contributed by atoms with E-state index in [1.54, 1.807) is 12.1 Å². The van der Waals surface area contributed by atoms with Gasteiger partial charge in [-0.15, -0.1) is 0 Å². The zero-order valence-electron chi connectivity index (χ0n) is 12.6. The van der Waals surface area contributed by atoms with Gasteiger partial charge < -0.3 is 19.8 Å². The summed E-state index contributed by atoms with van der Waals surface area (Å²) >= 11 is 0. The number of nitrogens with one attached hydrogen (secondary N) is 2. The molecule has 0 aliphatic heterocycles. The first-order valence-electron chi connectivity index (χ1n) is 7.15. The molecule has 2 N–H and O–H groups in total. The van der Waals surface area contributed by atoms with Crippen molar-refractivity contribution in [3.8, 4) is 5.75 Å². The van der Waals surface area contributed by atoms with Crippen LogP contribution in [0.5, 0.6) is 5.75 Å². The SMILES string of the molecule is O=C(CNC(=O)c1ccoc1)NCCc1ccc(OC(F)F)cc1. The van der Waals surface area contributed by atoms with Crippen LogP contribution in [0.2, 0.25) is 0 Å². The summed E-state index contributed by atoms with van der Waals surface area (Å²) in [7, 11) is 0. The Morgan fingerprint density at radius 2 is 1.88 bits per heavy atom. The number of hydrogen-bond donors (Lipinski definition) is 2. The molecule has 0 fully saturated rings. The molecular weight excluding hydrogens is 322 g/mol. The van der Waals surface area contributed by atoms with E-state index in [0.717, 1.165) is 5.56 Å². The van der Waals surface area contributed by atoms with Gasteiger partial charge in [0.25, 0.3) is 5.91 Å². The van der Waals surface area contributed by atoms with Crippen molar-refractivity contribution in [2.24, 2.45) is 0 Å². The van der Waals surface area contributed by atoms with Gasteiger partial charge in [-0.1, -0.05) is 12.1 Å². The van der Waals surface area contributed by atoms with Crippen molar-refractivity contribution in [3.63, 3.8) is 0 Å². The summed E-state index contributed by atoms with van der Waals surface area (Å²) in [5.41, 5.74) is 1.20. The number of rotatable bonds is 8. The van der Waals surface area contributed by atoms with E-state index < -0.39 is 12.5 Å². The lowest BCUT2D eigenvalue weighted by molar-refractivity contribution is -0.120. The third-order valence-corrected chi connectivity index (χ3v) is 3.08. The maximum atomic E-state index is 12.0. The largest absolute Gasteiger partial charge is 0.472 e. The summed E-state index contributed by atoms with van der Waals surface area (Å²) in [5, 5.41) is 5.11. The van der Waals surface area contributed by atoms with Gasteiger partial charge in [0.1, 0.15) is 12.0 Å². The number of furan rings is 1. The standard InChI is InChI=1S/C16H16F2N2O4/c17-16(18)24-13-3-1-11(2-4-13)5-7-19-14(21)9-20-15(22)12-6-8-23-10-12/h1-4,6,8,10,16H,5,7,9H2,(H,19,21)(H,20,22). The maximum absolute atomic E-state index is 12.0. The molecular formula is C16H16F2N2O4. The molecule has 6 nitrogen and oxygen atoms in total. The van der Waals surface area contributed by atoms with Crippen LogP contribution in [0.25, 0.3) is 0 Å². The molecule has 2 rings (SSSR count). The lowest BCUT2D eigenvalue weighted by Crippen LogP contribution is -2.37. The first kappa shape index (κ1) is 17.5. The van der Waals surface area contributed by atoms with Crippen molar-refractivity contribution in [3.05, 3.63) is 54.0 Å². The van der Waals surface area contributed by atoms with Gasteiger partial charge in [-0.3, -0.25) is 9.59 Å². The Morgan fingerprint density at radius 1 is 1.12 bits per heavy atom. The van der Waals surface area contributed by atoms with Crippen molar-refractivity contribution in [1.29, 1.82) is 0 Å². The first-order valence-corrected chi connectivity index (χ1v) is 7.15. The summed E-state index contributed by atoms with van der Waals surface area (Å²) in [6.07, 6.45) is 3.18. The van der Waals surface area contributed by atoms with Gasteiger partial charge in [0.05, 0.1) is 18.4 Å². The Morgan fingerprint density at radius 3 is 2.50 bits per heavy atom. The predicted octanol–water partition coefficient (Wildman–Crippen LogP) is 1.97. The lowest BCUT2D eigenvalue weighted by Gasteiger charge is -2.08. The molecule has 0 unspecified atom stereocenters. The van der Waals surface area contributed by atoms with E-state index in [-0.39, 0.29) is 18.2 Å². The minimum atomic E-state index is -2.85. The Balaban J connectivity index is 1.66. The molecule has 0 atom stereocenters. The van der Waals surface area contributed by atoms with Gasteiger partial charge in [0.2, 0.25) is 5.91 Å². The fourth-order valence-electron chi connectivity index (χ4n) is 1.90. The molecule has 24 heavy (non-hydrogen) atoms. The second-order valence-electron chi connectivity index (χ2n) is 4.82. The molecule has 0 saturated carbocycles. The van der Waals surface area contributed by atoms with E-state index in [4.69, 9.17) is 4.42 Å². The van der Waals surface area contributed by atoms with Crippen LogP contribution in [0.3, 0.4) is 0 Å². The number of amides is 2. The fourth-order valence-corrected chi connectivity index (χ4v) is 1.90. The van der Waals surface area contributed by atoms with Gasteiger partial charge in [-0.2, -0.15) is 8.78 Å². The van der Waals surface area contributed by atoms with Crippen LogP contribution in [-0.4, -0.2) is 31.5 Å². The normalized spacial score (nSPS) is 10.5. The Bertz CT molecular complexity index is 657. The number of carbonyl (C=O) groups excluding carboxylic acids is 2. The van der Waals surface area contributed by atoms with Gasteiger partial charge in [0.15, 0.2) is 0 Å². The molecule has 2 amide bonds. The zero-order chi connectivity index (χ0) is 17.4. The number of halogens is 2. The van der Waals surface area contributed by atoms with E-state index >= 15 is 0 Å². The minimum Gasteiger partial charge on any atom is -0.472 e. The molecule has 0 aliphatic carbocycles. The van der Waals surface area contributed by atoms with Crippen LogP contribution in [0, 0.1) is 0 Å². The quantitative estimate of drug-likeness (QED) is 0.771. The molecule has 2 aromatic rings. The van der Waals surface area contributed by atoms with Gasteiger partial charge >= 0.3 is 6.61 Å².